The molecular weight excluding hydrogens is 268 g/mol. The lowest BCUT2D eigenvalue weighted by Gasteiger charge is -2.00. The fraction of sp³-hybridized carbons (Fsp3) is 0.143. The highest BCUT2D eigenvalue weighted by atomic mass is 35.5. The maximum Gasteiger partial charge on any atom is 0.207 e. The molecule has 6 nitrogen and oxygen atoms in total. The Morgan fingerprint density at radius 3 is 2.50 bits per heavy atom. The molecule has 0 aliphatic heterocycles. The molecule has 2 rings (SSSR count). The molecule has 2 aromatic rings. The second-order valence-corrected chi connectivity index (χ2v) is 5.32. The third kappa shape index (κ3) is 2.94. The maximum absolute atomic E-state index is 5.66. The van der Waals surface area contributed by atoms with Crippen LogP contribution in [0.15, 0.2) is 11.2 Å². The van der Waals surface area contributed by atoms with E-state index in [9.17, 15) is 0 Å². The van der Waals surface area contributed by atoms with Crippen LogP contribution in [0.25, 0.3) is 0 Å². The quantitative estimate of drug-likeness (QED) is 0.644. The zero-order valence-electron chi connectivity index (χ0n) is 7.92. The summed E-state index contributed by atoms with van der Waals surface area (Å²) in [6.45, 7) is 0. The van der Waals surface area contributed by atoms with E-state index in [4.69, 9.17) is 23.1 Å². The molecule has 0 aromatic carbocycles. The summed E-state index contributed by atoms with van der Waals surface area (Å²) >= 11 is 8.36. The minimum Gasteiger partial charge on any atom is -0.383 e. The summed E-state index contributed by atoms with van der Waals surface area (Å²) in [6.07, 6.45) is 0. The van der Waals surface area contributed by atoms with Gasteiger partial charge in [0.15, 0.2) is 5.16 Å². The van der Waals surface area contributed by atoms with E-state index >= 15 is 0 Å². The van der Waals surface area contributed by atoms with Crippen molar-refractivity contribution < 1.29 is 0 Å². The van der Waals surface area contributed by atoms with E-state index < -0.39 is 0 Å². The van der Waals surface area contributed by atoms with Gasteiger partial charge in [0.2, 0.25) is 4.47 Å². The monoisotopic (exact) mass is 274 g/mol. The van der Waals surface area contributed by atoms with Crippen molar-refractivity contribution in [2.45, 2.75) is 10.9 Å². The van der Waals surface area contributed by atoms with Crippen LogP contribution in [-0.4, -0.2) is 20.2 Å². The predicted octanol–water partition coefficient (Wildman–Crippen LogP) is 1.44. The van der Waals surface area contributed by atoms with E-state index in [0.717, 1.165) is 5.01 Å². The maximum atomic E-state index is 5.66. The number of hydrogen-bond donors (Lipinski definition) is 2. The number of nitrogens with two attached hydrogens (primary N) is 2. The van der Waals surface area contributed by atoms with Gasteiger partial charge >= 0.3 is 0 Å². The van der Waals surface area contributed by atoms with Gasteiger partial charge in [-0.25, -0.2) is 9.97 Å². The summed E-state index contributed by atoms with van der Waals surface area (Å²) in [6, 6.07) is 1.51. The van der Waals surface area contributed by atoms with Crippen LogP contribution in [0.3, 0.4) is 0 Å². The molecule has 0 amide bonds. The smallest absolute Gasteiger partial charge is 0.207 e. The first-order chi connectivity index (χ1) is 7.63. The molecule has 0 saturated carbocycles. The van der Waals surface area contributed by atoms with Crippen molar-refractivity contribution in [3.63, 3.8) is 0 Å². The van der Waals surface area contributed by atoms with Gasteiger partial charge in [0.05, 0.1) is 5.75 Å². The Morgan fingerprint density at radius 1 is 1.25 bits per heavy atom. The Hall–Kier alpha value is -1.12. The molecule has 9 heteroatoms. The Morgan fingerprint density at radius 2 is 1.94 bits per heavy atom. The molecular formula is C7H7ClN6S2. The first-order valence-electron chi connectivity index (χ1n) is 4.14. The summed E-state index contributed by atoms with van der Waals surface area (Å²) in [5.41, 5.74) is 11.1. The molecule has 4 N–H and O–H groups in total. The molecule has 0 aliphatic rings. The van der Waals surface area contributed by atoms with Crippen molar-refractivity contribution in [1.29, 1.82) is 0 Å². The number of nitrogens with zero attached hydrogens (tertiary/aromatic N) is 4. The first-order valence-corrected chi connectivity index (χ1v) is 6.32. The minimum atomic E-state index is 0.352. The van der Waals surface area contributed by atoms with Gasteiger partial charge in [0.1, 0.15) is 16.6 Å². The number of hydrogen-bond acceptors (Lipinski definition) is 8. The van der Waals surface area contributed by atoms with Gasteiger partial charge in [0, 0.05) is 6.07 Å². The summed E-state index contributed by atoms with van der Waals surface area (Å²) in [5.74, 6) is 1.29. The van der Waals surface area contributed by atoms with E-state index in [-0.39, 0.29) is 0 Å². The molecule has 84 valence electrons. The highest BCUT2D eigenvalue weighted by Gasteiger charge is 2.05. The number of nitrogen functional groups attached to an aromatic ring is 2. The molecule has 0 unspecified atom stereocenters. The number of rotatable bonds is 3. The molecule has 0 atom stereocenters. The van der Waals surface area contributed by atoms with Crippen LogP contribution in [-0.2, 0) is 5.75 Å². The SMILES string of the molecule is Nc1cc(N)nc(SCc2nnc(Cl)s2)n1. The second-order valence-electron chi connectivity index (χ2n) is 2.74. The molecule has 0 saturated heterocycles. The van der Waals surface area contributed by atoms with Crippen molar-refractivity contribution in [2.75, 3.05) is 11.5 Å². The lowest BCUT2D eigenvalue weighted by Crippen LogP contribution is -1.99. The molecule has 2 aromatic heterocycles. The van der Waals surface area contributed by atoms with Crippen molar-refractivity contribution in [2.24, 2.45) is 0 Å². The van der Waals surface area contributed by atoms with Gasteiger partial charge in [-0.2, -0.15) is 0 Å². The van der Waals surface area contributed by atoms with Crippen LogP contribution in [0.2, 0.25) is 4.47 Å². The molecule has 0 radical (unpaired) electrons. The lowest BCUT2D eigenvalue weighted by molar-refractivity contribution is 0.979. The number of halogens is 1. The summed E-state index contributed by atoms with van der Waals surface area (Å²) in [7, 11) is 0. The second kappa shape index (κ2) is 4.81. The molecule has 16 heavy (non-hydrogen) atoms. The average Bonchev–Trinajstić information content (AvgIpc) is 2.60. The summed E-state index contributed by atoms with van der Waals surface area (Å²) in [4.78, 5) is 8.06. The topological polar surface area (TPSA) is 104 Å². The summed E-state index contributed by atoms with van der Waals surface area (Å²) in [5, 5.41) is 8.89. The van der Waals surface area contributed by atoms with Gasteiger partial charge in [-0.05, 0) is 11.6 Å². The van der Waals surface area contributed by atoms with Crippen LogP contribution in [0.5, 0.6) is 0 Å². The van der Waals surface area contributed by atoms with Gasteiger partial charge in [-0.1, -0.05) is 23.1 Å². The zero-order valence-corrected chi connectivity index (χ0v) is 10.3. The van der Waals surface area contributed by atoms with Gasteiger partial charge in [-0.15, -0.1) is 10.2 Å². The molecule has 0 spiro atoms. The first kappa shape index (κ1) is 11.4. The largest absolute Gasteiger partial charge is 0.383 e. The third-order valence-electron chi connectivity index (χ3n) is 1.51. The highest BCUT2D eigenvalue weighted by molar-refractivity contribution is 7.98. The standard InChI is InChI=1S/C7H7ClN6S2/c8-6-14-13-5(16-6)2-15-7-11-3(9)1-4(10)12-7/h1H,2H2,(H4,9,10,11,12). The Balaban J connectivity index is 2.04. The Bertz CT molecular complexity index is 481. The number of anilines is 2. The van der Waals surface area contributed by atoms with Gasteiger partial charge < -0.3 is 11.5 Å². The van der Waals surface area contributed by atoms with Gasteiger partial charge in [0.25, 0.3) is 0 Å². The fourth-order valence-corrected chi connectivity index (χ4v) is 2.67. The predicted molar refractivity (Wildman–Crippen MR) is 65.3 cm³/mol. The Kier molecular flexibility index (Phi) is 3.42. The lowest BCUT2D eigenvalue weighted by atomic mass is 10.5. The fourth-order valence-electron chi connectivity index (χ4n) is 0.944. The van der Waals surface area contributed by atoms with Crippen molar-refractivity contribution in [3.8, 4) is 0 Å². The van der Waals surface area contributed by atoms with Crippen LogP contribution < -0.4 is 11.5 Å². The van der Waals surface area contributed by atoms with Crippen molar-refractivity contribution in [1.82, 2.24) is 20.2 Å². The van der Waals surface area contributed by atoms with Crippen LogP contribution in [0, 0.1) is 0 Å². The highest BCUT2D eigenvalue weighted by Crippen LogP contribution is 2.24. The van der Waals surface area contributed by atoms with E-state index in [0.29, 0.717) is 27.0 Å². The molecule has 0 bridgehead atoms. The van der Waals surface area contributed by atoms with E-state index in [2.05, 4.69) is 20.2 Å². The molecule has 0 aliphatic carbocycles. The van der Waals surface area contributed by atoms with Crippen molar-refractivity contribution in [3.05, 3.63) is 15.5 Å². The number of thioether (sulfide) groups is 1. The minimum absolute atomic E-state index is 0.352. The number of aromatic nitrogens is 4. The zero-order chi connectivity index (χ0) is 11.5. The van der Waals surface area contributed by atoms with E-state index in [1.165, 1.54) is 29.2 Å². The summed E-state index contributed by atoms with van der Waals surface area (Å²) < 4.78 is 0.420. The normalized spacial score (nSPS) is 10.6. The Labute approximate surface area is 104 Å². The van der Waals surface area contributed by atoms with Crippen molar-refractivity contribution >= 4 is 46.3 Å². The van der Waals surface area contributed by atoms with Crippen LogP contribution in [0.1, 0.15) is 5.01 Å². The van der Waals surface area contributed by atoms with Crippen LogP contribution in [0.4, 0.5) is 11.6 Å². The van der Waals surface area contributed by atoms with E-state index in [1.807, 2.05) is 0 Å². The average molecular weight is 275 g/mol. The molecule has 0 fully saturated rings. The van der Waals surface area contributed by atoms with Crippen LogP contribution >= 0.6 is 34.7 Å². The molecule has 2 heterocycles. The van der Waals surface area contributed by atoms with E-state index in [1.54, 1.807) is 0 Å². The third-order valence-corrected chi connectivity index (χ3v) is 3.57. The van der Waals surface area contributed by atoms with Gasteiger partial charge in [-0.3, -0.25) is 0 Å².